The van der Waals surface area contributed by atoms with Gasteiger partial charge in [-0.2, -0.15) is 0 Å². The molecule has 0 aliphatic heterocycles. The number of aryl methyl sites for hydroxylation is 2. The number of hydrogen-bond acceptors (Lipinski definition) is 1. The van der Waals surface area contributed by atoms with Crippen LogP contribution < -0.4 is 0 Å². The predicted molar refractivity (Wildman–Crippen MR) is 55.0 cm³/mol. The van der Waals surface area contributed by atoms with E-state index in [1.54, 1.807) is 6.92 Å². The molecule has 1 atom stereocenters. The summed E-state index contributed by atoms with van der Waals surface area (Å²) in [7, 11) is 0. The van der Waals surface area contributed by atoms with Gasteiger partial charge in [-0.1, -0.05) is 25.1 Å². The normalized spacial score (nSPS) is 12.6. The molecule has 1 rings (SSSR count). The quantitative estimate of drug-likeness (QED) is 0.677. The van der Waals surface area contributed by atoms with Crippen molar-refractivity contribution in [1.82, 2.24) is 0 Å². The summed E-state index contributed by atoms with van der Waals surface area (Å²) < 4.78 is 0. The highest BCUT2D eigenvalue weighted by Crippen LogP contribution is 2.19. The van der Waals surface area contributed by atoms with Crippen LogP contribution in [0.4, 0.5) is 0 Å². The molecule has 1 heteroatoms. The van der Waals surface area contributed by atoms with E-state index in [9.17, 15) is 4.79 Å². The first-order chi connectivity index (χ1) is 6.02. The van der Waals surface area contributed by atoms with E-state index in [-0.39, 0.29) is 11.7 Å². The van der Waals surface area contributed by atoms with Crippen molar-refractivity contribution < 1.29 is 4.79 Å². The fourth-order valence-electron chi connectivity index (χ4n) is 1.27. The van der Waals surface area contributed by atoms with Gasteiger partial charge >= 0.3 is 0 Å². The minimum absolute atomic E-state index is 0.0271. The molecule has 0 aliphatic rings. The van der Waals surface area contributed by atoms with Crippen molar-refractivity contribution >= 4 is 5.78 Å². The van der Waals surface area contributed by atoms with Crippen LogP contribution in [0.2, 0.25) is 0 Å². The first-order valence-electron chi connectivity index (χ1n) is 4.60. The molecule has 0 aromatic heterocycles. The Balaban J connectivity index is 3.03. The van der Waals surface area contributed by atoms with Crippen molar-refractivity contribution in [3.63, 3.8) is 0 Å². The standard InChI is InChI=1S/C12H16O/c1-8-5-6-12(7-9(8)2)10(3)11(4)13/h5-7,10H,1-4H3/t10-/m0/s1. The van der Waals surface area contributed by atoms with Gasteiger partial charge in [0.2, 0.25) is 0 Å². The molecule has 0 bridgehead atoms. The van der Waals surface area contributed by atoms with Crippen molar-refractivity contribution in [2.75, 3.05) is 0 Å². The monoisotopic (exact) mass is 176 g/mol. The van der Waals surface area contributed by atoms with Gasteiger partial charge < -0.3 is 0 Å². The van der Waals surface area contributed by atoms with Gasteiger partial charge in [0.15, 0.2) is 0 Å². The molecule has 0 heterocycles. The highest BCUT2D eigenvalue weighted by molar-refractivity contribution is 5.82. The van der Waals surface area contributed by atoms with Gasteiger partial charge in [0, 0.05) is 5.92 Å². The summed E-state index contributed by atoms with van der Waals surface area (Å²) in [4.78, 5) is 11.1. The lowest BCUT2D eigenvalue weighted by Gasteiger charge is -2.09. The van der Waals surface area contributed by atoms with Gasteiger partial charge in [-0.15, -0.1) is 0 Å². The van der Waals surface area contributed by atoms with Crippen LogP contribution in [0.15, 0.2) is 18.2 Å². The van der Waals surface area contributed by atoms with E-state index in [1.165, 1.54) is 11.1 Å². The van der Waals surface area contributed by atoms with E-state index in [4.69, 9.17) is 0 Å². The molecule has 0 aliphatic carbocycles. The first-order valence-corrected chi connectivity index (χ1v) is 4.60. The Morgan fingerprint density at radius 1 is 1.23 bits per heavy atom. The summed E-state index contributed by atoms with van der Waals surface area (Å²) in [5, 5.41) is 0. The Morgan fingerprint density at radius 2 is 1.85 bits per heavy atom. The van der Waals surface area contributed by atoms with Crippen LogP contribution >= 0.6 is 0 Å². The largest absolute Gasteiger partial charge is 0.299 e. The molecule has 70 valence electrons. The Kier molecular flexibility index (Phi) is 2.86. The van der Waals surface area contributed by atoms with Gasteiger partial charge in [-0.25, -0.2) is 0 Å². The van der Waals surface area contributed by atoms with Crippen molar-refractivity contribution in [3.05, 3.63) is 34.9 Å². The summed E-state index contributed by atoms with van der Waals surface area (Å²) in [6.45, 7) is 7.75. The second kappa shape index (κ2) is 3.73. The summed E-state index contributed by atoms with van der Waals surface area (Å²) >= 11 is 0. The summed E-state index contributed by atoms with van der Waals surface area (Å²) in [5.74, 6) is 0.252. The molecule has 0 radical (unpaired) electrons. The Hall–Kier alpha value is -1.11. The molecule has 0 N–H and O–H groups in total. The lowest BCUT2D eigenvalue weighted by molar-refractivity contribution is -0.118. The molecular weight excluding hydrogens is 160 g/mol. The first kappa shape index (κ1) is 9.97. The van der Waals surface area contributed by atoms with Gasteiger partial charge in [0.05, 0.1) is 0 Å². The zero-order chi connectivity index (χ0) is 10.0. The van der Waals surface area contributed by atoms with E-state index in [0.717, 1.165) is 5.56 Å². The molecule has 1 aromatic rings. The minimum atomic E-state index is 0.0271. The maximum atomic E-state index is 11.1. The zero-order valence-corrected chi connectivity index (χ0v) is 8.72. The Bertz CT molecular complexity index is 326. The van der Waals surface area contributed by atoms with E-state index in [2.05, 4.69) is 26.0 Å². The van der Waals surface area contributed by atoms with E-state index in [0.29, 0.717) is 0 Å². The topological polar surface area (TPSA) is 17.1 Å². The van der Waals surface area contributed by atoms with Crippen LogP contribution in [0.25, 0.3) is 0 Å². The fourth-order valence-corrected chi connectivity index (χ4v) is 1.27. The number of Topliss-reactive ketones (excluding diaryl/α,β-unsaturated/α-hetero) is 1. The van der Waals surface area contributed by atoms with E-state index >= 15 is 0 Å². The van der Waals surface area contributed by atoms with Crippen molar-refractivity contribution in [3.8, 4) is 0 Å². The molecule has 1 aromatic carbocycles. The number of rotatable bonds is 2. The molecule has 0 amide bonds. The average molecular weight is 176 g/mol. The number of ketones is 1. The number of benzene rings is 1. The zero-order valence-electron chi connectivity index (χ0n) is 8.72. The molecule has 0 unspecified atom stereocenters. The third-order valence-corrected chi connectivity index (χ3v) is 2.64. The molecule has 1 nitrogen and oxygen atoms in total. The Labute approximate surface area is 79.8 Å². The maximum absolute atomic E-state index is 11.1. The van der Waals surface area contributed by atoms with Crippen LogP contribution in [0, 0.1) is 13.8 Å². The van der Waals surface area contributed by atoms with Crippen molar-refractivity contribution in [1.29, 1.82) is 0 Å². The molecule has 0 saturated carbocycles. The van der Waals surface area contributed by atoms with Gasteiger partial charge in [-0.05, 0) is 37.5 Å². The molecule has 13 heavy (non-hydrogen) atoms. The summed E-state index contributed by atoms with van der Waals surface area (Å²) in [5.41, 5.74) is 3.65. The third kappa shape index (κ3) is 2.18. The molecule has 0 spiro atoms. The van der Waals surface area contributed by atoms with Gasteiger partial charge in [-0.3, -0.25) is 4.79 Å². The maximum Gasteiger partial charge on any atom is 0.136 e. The van der Waals surface area contributed by atoms with E-state index in [1.807, 2.05) is 13.0 Å². The summed E-state index contributed by atoms with van der Waals surface area (Å²) in [6, 6.07) is 6.21. The number of carbonyl (C=O) groups is 1. The minimum Gasteiger partial charge on any atom is -0.299 e. The number of hydrogen-bond donors (Lipinski definition) is 0. The van der Waals surface area contributed by atoms with Crippen molar-refractivity contribution in [2.24, 2.45) is 0 Å². The van der Waals surface area contributed by atoms with Gasteiger partial charge in [0.25, 0.3) is 0 Å². The fraction of sp³-hybridized carbons (Fsp3) is 0.417. The Morgan fingerprint density at radius 3 is 2.31 bits per heavy atom. The van der Waals surface area contributed by atoms with Crippen LogP contribution in [0.3, 0.4) is 0 Å². The molecule has 0 saturated heterocycles. The molecular formula is C12H16O. The third-order valence-electron chi connectivity index (χ3n) is 2.64. The highest BCUT2D eigenvalue weighted by atomic mass is 16.1. The predicted octanol–water partition coefficient (Wildman–Crippen LogP) is 3.00. The van der Waals surface area contributed by atoms with Crippen LogP contribution in [0.1, 0.15) is 36.5 Å². The summed E-state index contributed by atoms with van der Waals surface area (Å²) in [6.07, 6.45) is 0. The second-order valence-corrected chi connectivity index (χ2v) is 3.68. The smallest absolute Gasteiger partial charge is 0.136 e. The van der Waals surface area contributed by atoms with Gasteiger partial charge in [0.1, 0.15) is 5.78 Å². The SMILES string of the molecule is CC(=O)[C@H](C)c1ccc(C)c(C)c1. The average Bonchev–Trinajstić information content (AvgIpc) is 2.08. The van der Waals surface area contributed by atoms with Crippen LogP contribution in [-0.4, -0.2) is 5.78 Å². The van der Waals surface area contributed by atoms with Crippen LogP contribution in [-0.2, 0) is 4.79 Å². The second-order valence-electron chi connectivity index (χ2n) is 3.68. The lowest BCUT2D eigenvalue weighted by atomic mass is 9.94. The van der Waals surface area contributed by atoms with Crippen molar-refractivity contribution in [2.45, 2.75) is 33.6 Å². The lowest BCUT2D eigenvalue weighted by Crippen LogP contribution is -2.04. The van der Waals surface area contributed by atoms with E-state index < -0.39 is 0 Å². The van der Waals surface area contributed by atoms with Crippen LogP contribution in [0.5, 0.6) is 0 Å². The molecule has 0 fully saturated rings. The highest BCUT2D eigenvalue weighted by Gasteiger charge is 2.10. The number of carbonyl (C=O) groups excluding carboxylic acids is 1.